The van der Waals surface area contributed by atoms with E-state index in [1.165, 1.54) is 7.11 Å². The minimum atomic E-state index is -0.703. The fourth-order valence-corrected chi connectivity index (χ4v) is 2.84. The van der Waals surface area contributed by atoms with Gasteiger partial charge in [-0.05, 0) is 25.5 Å². The first kappa shape index (κ1) is 17.9. The number of aromatic amines is 1. The maximum absolute atomic E-state index is 12.2. The van der Waals surface area contributed by atoms with Crippen molar-refractivity contribution in [3.8, 4) is 0 Å². The molecule has 2 rings (SSSR count). The van der Waals surface area contributed by atoms with Crippen LogP contribution >= 0.6 is 15.9 Å². The predicted molar refractivity (Wildman–Crippen MR) is 90.4 cm³/mol. The second kappa shape index (κ2) is 7.44. The number of H-pyrrole nitrogens is 1. The molecule has 7 heteroatoms. The van der Waals surface area contributed by atoms with Gasteiger partial charge >= 0.3 is 11.9 Å². The minimum Gasteiger partial charge on any atom is -0.465 e. The van der Waals surface area contributed by atoms with Crippen molar-refractivity contribution in [2.75, 3.05) is 13.7 Å². The lowest BCUT2D eigenvalue weighted by Gasteiger charge is -2.05. The van der Waals surface area contributed by atoms with Crippen LogP contribution < -0.4 is 0 Å². The Hall–Kier alpha value is -2.41. The molecule has 0 saturated heterocycles. The molecule has 24 heavy (non-hydrogen) atoms. The molecule has 0 radical (unpaired) electrons. The van der Waals surface area contributed by atoms with Crippen molar-refractivity contribution >= 4 is 33.7 Å². The van der Waals surface area contributed by atoms with E-state index in [0.29, 0.717) is 26.9 Å². The molecule has 1 aromatic carbocycles. The van der Waals surface area contributed by atoms with E-state index in [2.05, 4.69) is 25.7 Å². The van der Waals surface area contributed by atoms with E-state index in [4.69, 9.17) is 4.74 Å². The second-order valence-corrected chi connectivity index (χ2v) is 5.95. The number of halogens is 1. The summed E-state index contributed by atoms with van der Waals surface area (Å²) in [6, 6.07) is 6.88. The van der Waals surface area contributed by atoms with Crippen LogP contribution in [0.3, 0.4) is 0 Å². The molecular formula is C17H16BrNO5. The van der Waals surface area contributed by atoms with Gasteiger partial charge in [-0.2, -0.15) is 0 Å². The summed E-state index contributed by atoms with van der Waals surface area (Å²) in [5, 5.41) is 0. The molecule has 0 saturated carbocycles. The van der Waals surface area contributed by atoms with Crippen LogP contribution in [0.4, 0.5) is 0 Å². The summed E-state index contributed by atoms with van der Waals surface area (Å²) in [5.74, 6) is -1.57. The largest absolute Gasteiger partial charge is 0.465 e. The molecule has 0 unspecified atom stereocenters. The summed E-state index contributed by atoms with van der Waals surface area (Å²) in [5.41, 5.74) is 1.79. The Labute approximate surface area is 147 Å². The number of hydrogen-bond acceptors (Lipinski definition) is 5. The first-order chi connectivity index (χ1) is 11.4. The van der Waals surface area contributed by atoms with Crippen molar-refractivity contribution in [2.24, 2.45) is 0 Å². The topological polar surface area (TPSA) is 85.5 Å². The summed E-state index contributed by atoms with van der Waals surface area (Å²) >= 11 is 3.28. The Morgan fingerprint density at radius 3 is 2.42 bits per heavy atom. The highest BCUT2D eigenvalue weighted by molar-refractivity contribution is 9.10. The number of ketones is 1. The van der Waals surface area contributed by atoms with Gasteiger partial charge in [0.05, 0.1) is 12.7 Å². The van der Waals surface area contributed by atoms with Crippen LogP contribution in [0.25, 0.3) is 0 Å². The number of hydrogen-bond donors (Lipinski definition) is 1. The fourth-order valence-electron chi connectivity index (χ4n) is 2.33. The lowest BCUT2D eigenvalue weighted by atomic mass is 10.1. The highest BCUT2D eigenvalue weighted by atomic mass is 79.9. The summed E-state index contributed by atoms with van der Waals surface area (Å²) < 4.78 is 10.4. The molecule has 2 aromatic rings. The predicted octanol–water partition coefficient (Wildman–Crippen LogP) is 3.22. The number of carbonyl (C=O) groups is 3. The zero-order chi connectivity index (χ0) is 17.9. The third-order valence-electron chi connectivity index (χ3n) is 3.54. The van der Waals surface area contributed by atoms with Crippen LogP contribution in [0.5, 0.6) is 0 Å². The van der Waals surface area contributed by atoms with E-state index in [0.717, 1.165) is 0 Å². The average molecular weight is 394 g/mol. The quantitative estimate of drug-likeness (QED) is 0.622. The number of benzene rings is 1. The number of Topliss-reactive ketones (excluding diaryl/α,β-unsaturated/α-hetero) is 1. The number of carbonyl (C=O) groups excluding carboxylic acids is 3. The van der Waals surface area contributed by atoms with Gasteiger partial charge < -0.3 is 14.5 Å². The number of esters is 2. The molecule has 0 atom stereocenters. The maximum atomic E-state index is 12.2. The van der Waals surface area contributed by atoms with E-state index in [-0.39, 0.29) is 11.5 Å². The van der Waals surface area contributed by atoms with Crippen molar-refractivity contribution in [2.45, 2.75) is 13.8 Å². The molecule has 0 amide bonds. The lowest BCUT2D eigenvalue weighted by molar-refractivity contribution is 0.0468. The SMILES string of the molecule is COC(=O)c1c(C)[nH]c(C(=O)OCC(=O)c2ccccc2Br)c1C. The summed E-state index contributed by atoms with van der Waals surface area (Å²) in [7, 11) is 1.27. The third kappa shape index (κ3) is 3.56. The molecule has 0 bridgehead atoms. The molecule has 1 N–H and O–H groups in total. The Morgan fingerprint density at radius 2 is 1.79 bits per heavy atom. The van der Waals surface area contributed by atoms with Crippen LogP contribution in [0.1, 0.15) is 42.5 Å². The number of methoxy groups -OCH3 is 1. The van der Waals surface area contributed by atoms with Crippen LogP contribution in [0.2, 0.25) is 0 Å². The standard InChI is InChI=1S/C17H16BrNO5/c1-9-14(16(21)23-3)10(2)19-15(9)17(22)24-8-13(20)11-6-4-5-7-12(11)18/h4-7,19H,8H2,1-3H3. The van der Waals surface area contributed by atoms with Gasteiger partial charge in [0.2, 0.25) is 5.78 Å². The van der Waals surface area contributed by atoms with Gasteiger partial charge in [-0.25, -0.2) is 9.59 Å². The summed E-state index contributed by atoms with van der Waals surface area (Å²) in [6.45, 7) is 2.87. The van der Waals surface area contributed by atoms with Gasteiger partial charge in [-0.1, -0.05) is 34.1 Å². The highest BCUT2D eigenvalue weighted by Crippen LogP contribution is 2.20. The van der Waals surface area contributed by atoms with Gasteiger partial charge in [0.25, 0.3) is 0 Å². The first-order valence-electron chi connectivity index (χ1n) is 7.09. The van der Waals surface area contributed by atoms with Gasteiger partial charge in [-0.15, -0.1) is 0 Å². The monoisotopic (exact) mass is 393 g/mol. The summed E-state index contributed by atoms with van der Waals surface area (Å²) in [6.07, 6.45) is 0. The molecule has 0 aliphatic carbocycles. The fraction of sp³-hybridized carbons (Fsp3) is 0.235. The van der Waals surface area contributed by atoms with Crippen LogP contribution in [-0.2, 0) is 9.47 Å². The lowest BCUT2D eigenvalue weighted by Crippen LogP contribution is -2.15. The van der Waals surface area contributed by atoms with Crippen LogP contribution in [0.15, 0.2) is 28.7 Å². The Morgan fingerprint density at radius 1 is 1.12 bits per heavy atom. The molecule has 1 aromatic heterocycles. The molecule has 0 aliphatic heterocycles. The maximum Gasteiger partial charge on any atom is 0.355 e. The molecule has 1 heterocycles. The second-order valence-electron chi connectivity index (χ2n) is 5.10. The Bertz CT molecular complexity index is 809. The number of nitrogens with one attached hydrogen (secondary N) is 1. The van der Waals surface area contributed by atoms with Gasteiger partial charge in [0.15, 0.2) is 6.61 Å². The van der Waals surface area contributed by atoms with Crippen molar-refractivity contribution in [3.05, 3.63) is 56.8 Å². The molecule has 0 fully saturated rings. The highest BCUT2D eigenvalue weighted by Gasteiger charge is 2.24. The Balaban J connectivity index is 2.13. The third-order valence-corrected chi connectivity index (χ3v) is 4.23. The molecule has 126 valence electrons. The average Bonchev–Trinajstić information content (AvgIpc) is 2.86. The zero-order valence-corrected chi connectivity index (χ0v) is 15.0. The van der Waals surface area contributed by atoms with Gasteiger partial charge in [0.1, 0.15) is 5.69 Å². The normalized spacial score (nSPS) is 10.3. The number of rotatable bonds is 5. The molecule has 6 nitrogen and oxygen atoms in total. The van der Waals surface area contributed by atoms with Crippen LogP contribution in [-0.4, -0.2) is 36.4 Å². The van der Waals surface area contributed by atoms with Crippen LogP contribution in [0, 0.1) is 13.8 Å². The minimum absolute atomic E-state index is 0.132. The summed E-state index contributed by atoms with van der Waals surface area (Å²) in [4.78, 5) is 38.8. The van der Waals surface area contributed by atoms with Crippen molar-refractivity contribution in [1.82, 2.24) is 4.98 Å². The van der Waals surface area contributed by atoms with Crippen molar-refractivity contribution in [1.29, 1.82) is 0 Å². The van der Waals surface area contributed by atoms with E-state index < -0.39 is 18.5 Å². The van der Waals surface area contributed by atoms with E-state index in [1.54, 1.807) is 38.1 Å². The number of aromatic nitrogens is 1. The smallest absolute Gasteiger partial charge is 0.355 e. The van der Waals surface area contributed by atoms with E-state index in [9.17, 15) is 14.4 Å². The van der Waals surface area contributed by atoms with Gasteiger partial charge in [-0.3, -0.25) is 4.79 Å². The molecule has 0 spiro atoms. The Kier molecular flexibility index (Phi) is 5.56. The number of ether oxygens (including phenoxy) is 2. The van der Waals surface area contributed by atoms with Crippen molar-refractivity contribution < 1.29 is 23.9 Å². The van der Waals surface area contributed by atoms with E-state index >= 15 is 0 Å². The van der Waals surface area contributed by atoms with E-state index in [1.807, 2.05) is 0 Å². The van der Waals surface area contributed by atoms with Gasteiger partial charge in [0, 0.05) is 15.7 Å². The number of aryl methyl sites for hydroxylation is 1. The molecular weight excluding hydrogens is 378 g/mol. The van der Waals surface area contributed by atoms with Crippen molar-refractivity contribution in [3.63, 3.8) is 0 Å². The molecule has 0 aliphatic rings. The zero-order valence-electron chi connectivity index (χ0n) is 13.4. The first-order valence-corrected chi connectivity index (χ1v) is 7.88.